The van der Waals surface area contributed by atoms with E-state index in [2.05, 4.69) is 25.0 Å². The van der Waals surface area contributed by atoms with E-state index in [0.29, 0.717) is 0 Å². The normalized spacial score (nSPS) is 9.00. The molecule has 0 unspecified atom stereocenters. The first kappa shape index (κ1) is 9.08. The van der Waals surface area contributed by atoms with Crippen molar-refractivity contribution in [2.75, 3.05) is 6.61 Å². The first-order chi connectivity index (χ1) is 6.27. The number of carbonyl (C=O) groups excluding carboxylic acids is 1. The van der Waals surface area contributed by atoms with Crippen molar-refractivity contribution in [2.45, 2.75) is 6.92 Å². The van der Waals surface area contributed by atoms with E-state index in [-0.39, 0.29) is 18.1 Å². The molecular weight excluding hydrogens is 174 g/mol. The molecule has 0 saturated carbocycles. The quantitative estimate of drug-likeness (QED) is 0.331. The van der Waals surface area contributed by atoms with Crippen LogP contribution >= 0.6 is 0 Å². The molecule has 0 radical (unpaired) electrons. The van der Waals surface area contributed by atoms with Gasteiger partial charge in [-0.2, -0.15) is 5.10 Å². The number of carbonyl (C=O) groups is 1. The average Bonchev–Trinajstić information content (AvgIpc) is 2.54. The molecule has 68 valence electrons. The zero-order chi connectivity index (χ0) is 9.68. The molecule has 1 aromatic heterocycles. The predicted molar refractivity (Wildman–Crippen MR) is 43.4 cm³/mol. The van der Waals surface area contributed by atoms with E-state index in [4.69, 9.17) is 5.53 Å². The van der Waals surface area contributed by atoms with E-state index in [1.54, 1.807) is 6.92 Å². The van der Waals surface area contributed by atoms with Gasteiger partial charge in [-0.15, -0.1) is 0 Å². The van der Waals surface area contributed by atoms with Crippen LogP contribution in [0.25, 0.3) is 10.4 Å². The van der Waals surface area contributed by atoms with E-state index < -0.39 is 5.97 Å². The Labute approximate surface area is 73.3 Å². The van der Waals surface area contributed by atoms with Gasteiger partial charge in [-0.1, -0.05) is 0 Å². The molecule has 0 aliphatic carbocycles. The van der Waals surface area contributed by atoms with Crippen LogP contribution in [0.3, 0.4) is 0 Å². The number of aromatic nitrogens is 2. The van der Waals surface area contributed by atoms with Crippen LogP contribution in [0, 0.1) is 0 Å². The highest BCUT2D eigenvalue weighted by Gasteiger charge is 2.09. The molecule has 1 aromatic rings. The maximum absolute atomic E-state index is 11.0. The molecule has 0 aliphatic rings. The average molecular weight is 181 g/mol. The van der Waals surface area contributed by atoms with Crippen molar-refractivity contribution in [3.8, 4) is 0 Å². The van der Waals surface area contributed by atoms with Crippen molar-refractivity contribution < 1.29 is 9.53 Å². The fraction of sp³-hybridized carbons (Fsp3) is 0.333. The molecule has 0 fully saturated rings. The van der Waals surface area contributed by atoms with E-state index >= 15 is 0 Å². The van der Waals surface area contributed by atoms with Crippen LogP contribution in [-0.4, -0.2) is 22.8 Å². The molecule has 1 rings (SSSR count). The Morgan fingerprint density at radius 2 is 2.69 bits per heavy atom. The molecule has 0 amide bonds. The minimum Gasteiger partial charge on any atom is -0.461 e. The van der Waals surface area contributed by atoms with Gasteiger partial charge in [0.25, 0.3) is 0 Å². The summed E-state index contributed by atoms with van der Waals surface area (Å²) in [5.74, 6) is -0.358. The minimum atomic E-state index is -0.543. The van der Waals surface area contributed by atoms with Crippen LogP contribution in [0.1, 0.15) is 17.4 Å². The largest absolute Gasteiger partial charge is 0.461 e. The fourth-order valence-electron chi connectivity index (χ4n) is 0.721. The second-order valence-corrected chi connectivity index (χ2v) is 2.05. The molecular formula is C6H7N5O2. The molecule has 7 nitrogen and oxygen atoms in total. The summed E-state index contributed by atoms with van der Waals surface area (Å²) in [7, 11) is 0. The van der Waals surface area contributed by atoms with Gasteiger partial charge in [-0.05, 0) is 17.6 Å². The van der Waals surface area contributed by atoms with Gasteiger partial charge in [0.05, 0.1) is 6.61 Å². The maximum Gasteiger partial charge on any atom is 0.358 e. The highest BCUT2D eigenvalue weighted by molar-refractivity contribution is 5.87. The number of azide groups is 1. The lowest BCUT2D eigenvalue weighted by molar-refractivity contribution is 0.0519. The number of ether oxygens (including phenoxy) is 1. The molecule has 0 spiro atoms. The van der Waals surface area contributed by atoms with E-state index in [0.717, 1.165) is 0 Å². The SMILES string of the molecule is CCOC(=O)c1cc(N=[N+]=[N-])[nH]n1. The van der Waals surface area contributed by atoms with E-state index in [9.17, 15) is 4.79 Å². The number of rotatable bonds is 3. The summed E-state index contributed by atoms with van der Waals surface area (Å²) in [4.78, 5) is 13.5. The number of hydrogen-bond donors (Lipinski definition) is 1. The summed E-state index contributed by atoms with van der Waals surface area (Å²) < 4.78 is 4.66. The fourth-order valence-corrected chi connectivity index (χ4v) is 0.721. The van der Waals surface area contributed by atoms with Gasteiger partial charge in [0.15, 0.2) is 5.69 Å². The summed E-state index contributed by atoms with van der Waals surface area (Å²) in [6.45, 7) is 1.97. The lowest BCUT2D eigenvalue weighted by Gasteiger charge is -1.94. The van der Waals surface area contributed by atoms with Gasteiger partial charge in [-0.25, -0.2) is 4.79 Å². The van der Waals surface area contributed by atoms with Gasteiger partial charge in [0, 0.05) is 11.0 Å². The van der Waals surface area contributed by atoms with Crippen LogP contribution in [-0.2, 0) is 4.74 Å². The Bertz CT molecular complexity index is 352. The Morgan fingerprint density at radius 3 is 3.31 bits per heavy atom. The van der Waals surface area contributed by atoms with Crippen molar-refractivity contribution in [3.05, 3.63) is 22.2 Å². The second-order valence-electron chi connectivity index (χ2n) is 2.05. The minimum absolute atomic E-state index is 0.101. The van der Waals surface area contributed by atoms with Crippen molar-refractivity contribution in [3.63, 3.8) is 0 Å². The van der Waals surface area contributed by atoms with Gasteiger partial charge in [0.1, 0.15) is 5.82 Å². The second kappa shape index (κ2) is 4.13. The Kier molecular flexibility index (Phi) is 2.88. The number of esters is 1. The smallest absolute Gasteiger partial charge is 0.358 e. The molecule has 0 saturated heterocycles. The lowest BCUT2D eigenvalue weighted by atomic mass is 10.4. The van der Waals surface area contributed by atoms with Gasteiger partial charge in [0.2, 0.25) is 0 Å². The highest BCUT2D eigenvalue weighted by atomic mass is 16.5. The summed E-state index contributed by atoms with van der Waals surface area (Å²) in [6, 6.07) is 1.32. The lowest BCUT2D eigenvalue weighted by Crippen LogP contribution is -2.04. The zero-order valence-corrected chi connectivity index (χ0v) is 6.89. The van der Waals surface area contributed by atoms with Crippen LogP contribution in [0.2, 0.25) is 0 Å². The Morgan fingerprint density at radius 1 is 1.92 bits per heavy atom. The number of hydrogen-bond acceptors (Lipinski definition) is 4. The molecule has 0 atom stereocenters. The molecule has 1 N–H and O–H groups in total. The van der Waals surface area contributed by atoms with Crippen LogP contribution in [0.15, 0.2) is 11.2 Å². The first-order valence-corrected chi connectivity index (χ1v) is 3.55. The number of H-pyrrole nitrogens is 1. The topological polar surface area (TPSA) is 104 Å². The van der Waals surface area contributed by atoms with Crippen molar-refractivity contribution in [1.82, 2.24) is 10.2 Å². The number of nitrogens with zero attached hydrogens (tertiary/aromatic N) is 4. The highest BCUT2D eigenvalue weighted by Crippen LogP contribution is 2.09. The van der Waals surface area contributed by atoms with E-state index in [1.165, 1.54) is 6.07 Å². The van der Waals surface area contributed by atoms with E-state index in [1.807, 2.05) is 0 Å². The van der Waals surface area contributed by atoms with Crippen LogP contribution in [0.4, 0.5) is 5.82 Å². The molecule has 13 heavy (non-hydrogen) atoms. The molecule has 7 heteroatoms. The third kappa shape index (κ3) is 2.21. The summed E-state index contributed by atoms with van der Waals surface area (Å²) in [5.41, 5.74) is 8.17. The van der Waals surface area contributed by atoms with Gasteiger partial charge >= 0.3 is 5.97 Å². The molecule has 0 aliphatic heterocycles. The van der Waals surface area contributed by atoms with Crippen molar-refractivity contribution in [1.29, 1.82) is 0 Å². The Hall–Kier alpha value is -2.01. The van der Waals surface area contributed by atoms with Crippen molar-refractivity contribution >= 4 is 11.8 Å². The van der Waals surface area contributed by atoms with Crippen molar-refractivity contribution in [2.24, 2.45) is 5.11 Å². The van der Waals surface area contributed by atoms with Gasteiger partial charge < -0.3 is 4.74 Å². The number of nitrogens with one attached hydrogen (secondary N) is 1. The van der Waals surface area contributed by atoms with Crippen LogP contribution < -0.4 is 0 Å². The predicted octanol–water partition coefficient (Wildman–Crippen LogP) is 1.53. The maximum atomic E-state index is 11.0. The summed E-state index contributed by atoms with van der Waals surface area (Å²) in [5, 5.41) is 9.19. The summed E-state index contributed by atoms with van der Waals surface area (Å²) >= 11 is 0. The standard InChI is InChI=1S/C6H7N5O2/c1-2-13-6(12)4-3-5(9-8-4)10-11-7/h3H,2H2,1H3,(H,8,9). The zero-order valence-electron chi connectivity index (χ0n) is 6.89. The van der Waals surface area contributed by atoms with Crippen LogP contribution in [0.5, 0.6) is 0 Å². The summed E-state index contributed by atoms with van der Waals surface area (Å²) in [6.07, 6.45) is 0. The Balaban J connectivity index is 2.79. The molecule has 0 aromatic carbocycles. The third-order valence-electron chi connectivity index (χ3n) is 1.20. The third-order valence-corrected chi connectivity index (χ3v) is 1.20. The first-order valence-electron chi connectivity index (χ1n) is 3.55. The molecule has 0 bridgehead atoms. The van der Waals surface area contributed by atoms with Gasteiger partial charge in [-0.3, -0.25) is 5.10 Å². The number of aromatic amines is 1. The monoisotopic (exact) mass is 181 g/mol. The molecule has 1 heterocycles.